The fourth-order valence-electron chi connectivity index (χ4n) is 13.0. The summed E-state index contributed by atoms with van der Waals surface area (Å²) in [4.78, 5) is 176. The number of carboxylic acid groups (broad SMARTS) is 12. The minimum atomic E-state index is -4.83. The van der Waals surface area contributed by atoms with Gasteiger partial charge in [-0.25, -0.2) is 0 Å². The number of rotatable bonds is 80. The highest BCUT2D eigenvalue weighted by Crippen LogP contribution is 2.23. The molecule has 0 saturated carbocycles. The maximum Gasteiger partial charge on any atom is 0.324 e. The Morgan fingerprint density at radius 2 is 0.288 bits per heavy atom. The predicted molar refractivity (Wildman–Crippen MR) is 479 cm³/mol. The standard InChI is InChI=1S/4C20H35NO10S.4H3N/c4*22-17(14-16(20(27)28)32(29,30)31)21-12-10-8-6-4-2-1-3-5-7-9-11-15(19(25)26)13-18(23)24;;;;/h4*15-16H,1-14H2,(H,21,22)(H,23,24)(H,25,26)(H,27,28)(H,29,30,31);4*1H3. The Hall–Kier alpha value is -9.00. The lowest BCUT2D eigenvalue weighted by molar-refractivity contribution is -0.148. The van der Waals surface area contributed by atoms with Crippen molar-refractivity contribution < 1.29 is 190 Å². The fourth-order valence-corrected chi connectivity index (χ4v) is 15.4. The van der Waals surface area contributed by atoms with Crippen LogP contribution < -0.4 is 45.9 Å². The highest BCUT2D eigenvalue weighted by Gasteiger charge is 2.37. The summed E-state index contributed by atoms with van der Waals surface area (Å²) in [7, 11) is -19.3. The third-order valence-electron chi connectivity index (χ3n) is 20.3. The molecule has 0 aromatic carbocycles. The molecule has 32 N–H and O–H groups in total. The van der Waals surface area contributed by atoms with Crippen LogP contribution in [0.2, 0.25) is 0 Å². The summed E-state index contributed by atoms with van der Waals surface area (Å²) in [5.74, 6) is -22.0. The van der Waals surface area contributed by atoms with Crippen molar-refractivity contribution in [2.45, 2.75) is 355 Å². The lowest BCUT2D eigenvalue weighted by Gasteiger charge is -2.10. The first kappa shape index (κ1) is 138. The van der Waals surface area contributed by atoms with Crippen LogP contribution in [0.5, 0.6) is 0 Å². The van der Waals surface area contributed by atoms with Gasteiger partial charge in [0.05, 0.1) is 75.0 Å². The molecule has 776 valence electrons. The Kier molecular flexibility index (Phi) is 86.7. The van der Waals surface area contributed by atoms with E-state index in [1.54, 1.807) is 0 Å². The first-order valence-electron chi connectivity index (χ1n) is 43.4. The summed E-state index contributed by atoms with van der Waals surface area (Å²) in [6.45, 7) is 1.21. The molecule has 0 aliphatic carbocycles. The number of carbonyl (C=O) groups excluding carboxylic acids is 4. The molecule has 0 heterocycles. The second-order valence-electron chi connectivity index (χ2n) is 31.4. The van der Waals surface area contributed by atoms with E-state index >= 15 is 0 Å². The number of unbranched alkanes of at least 4 members (excludes halogenated alkanes) is 36. The van der Waals surface area contributed by atoms with Gasteiger partial charge in [0.15, 0.2) is 21.0 Å². The van der Waals surface area contributed by atoms with Crippen molar-refractivity contribution in [2.75, 3.05) is 26.2 Å². The van der Waals surface area contributed by atoms with Gasteiger partial charge in [-0.2, -0.15) is 33.7 Å². The van der Waals surface area contributed by atoms with Crippen molar-refractivity contribution in [3.8, 4) is 0 Å². The second-order valence-corrected chi connectivity index (χ2v) is 37.8. The minimum absolute atomic E-state index is 0. The number of carboxylic acids is 12. The molecule has 0 saturated heterocycles. The van der Waals surface area contributed by atoms with E-state index < -0.39 is 206 Å². The number of carbonyl (C=O) groups is 16. The molecule has 0 aliphatic rings. The minimum Gasteiger partial charge on any atom is -0.481 e. The van der Waals surface area contributed by atoms with Gasteiger partial charge < -0.3 is 107 Å². The monoisotopic (exact) mass is 1990 g/mol. The maximum absolute atomic E-state index is 11.6. The van der Waals surface area contributed by atoms with Gasteiger partial charge in [-0.15, -0.1) is 0 Å². The van der Waals surface area contributed by atoms with Crippen molar-refractivity contribution in [1.82, 2.24) is 45.9 Å². The Labute approximate surface area is 772 Å². The van der Waals surface area contributed by atoms with Crippen LogP contribution in [0, 0.1) is 23.7 Å². The van der Waals surface area contributed by atoms with Crippen molar-refractivity contribution in [3.05, 3.63) is 0 Å². The van der Waals surface area contributed by atoms with E-state index in [9.17, 15) is 110 Å². The van der Waals surface area contributed by atoms with Gasteiger partial charge in [-0.3, -0.25) is 94.9 Å². The molecule has 0 rings (SSSR count). The lowest BCUT2D eigenvalue weighted by Crippen LogP contribution is -2.36. The molecule has 0 aliphatic heterocycles. The van der Waals surface area contributed by atoms with Crippen molar-refractivity contribution >= 4 is 136 Å². The predicted octanol–water partition coefficient (Wildman–Crippen LogP) is 9.85. The van der Waals surface area contributed by atoms with Crippen LogP contribution in [0.1, 0.15) is 334 Å². The zero-order chi connectivity index (χ0) is 98.3. The number of hydrogen-bond acceptors (Lipinski definition) is 28. The summed E-state index contributed by atoms with van der Waals surface area (Å²) in [6, 6.07) is 0. The molecule has 8 atom stereocenters. The van der Waals surface area contributed by atoms with E-state index in [2.05, 4.69) is 21.3 Å². The van der Waals surface area contributed by atoms with E-state index in [0.717, 1.165) is 205 Å². The van der Waals surface area contributed by atoms with Gasteiger partial charge in [0.25, 0.3) is 40.5 Å². The zero-order valence-electron chi connectivity index (χ0n) is 75.6. The molecule has 0 radical (unpaired) electrons. The summed E-state index contributed by atoms with van der Waals surface area (Å²) < 4.78 is 123. The average molecular weight is 1990 g/mol. The summed E-state index contributed by atoms with van der Waals surface area (Å²) >= 11 is 0. The molecule has 0 bridgehead atoms. The molecule has 8 unspecified atom stereocenters. The van der Waals surface area contributed by atoms with E-state index in [4.69, 9.17) is 79.5 Å². The lowest BCUT2D eigenvalue weighted by atomic mass is 9.97. The van der Waals surface area contributed by atoms with Crippen LogP contribution in [0.4, 0.5) is 0 Å². The molecule has 0 fully saturated rings. The van der Waals surface area contributed by atoms with Crippen molar-refractivity contribution in [1.29, 1.82) is 0 Å². The van der Waals surface area contributed by atoms with Gasteiger partial charge in [0, 0.05) is 26.2 Å². The molecule has 52 heteroatoms. The van der Waals surface area contributed by atoms with Crippen LogP contribution in [0.25, 0.3) is 0 Å². The van der Waals surface area contributed by atoms with Crippen LogP contribution in [0.3, 0.4) is 0 Å². The molecular formula is C80H152N8O40S4. The average Bonchev–Trinajstić information content (AvgIpc) is 0.876. The highest BCUT2D eigenvalue weighted by atomic mass is 32.2. The molecular weight excluding hydrogens is 1840 g/mol. The number of aliphatic carboxylic acids is 12. The molecule has 0 aromatic heterocycles. The quantitative estimate of drug-likeness (QED) is 0.0199. The summed E-state index contributed by atoms with van der Waals surface area (Å²) in [5, 5.41) is 107. The number of amides is 4. The molecule has 48 nitrogen and oxygen atoms in total. The third kappa shape index (κ3) is 85.2. The SMILES string of the molecule is N.N.N.N.O=C(O)CC(CCCCCCCCCCCCNC(=O)CC(C(=O)O)S(=O)(=O)O)C(=O)O.O=C(O)CC(CCCCCCCCCCCCNC(=O)CC(C(=O)O)S(=O)(=O)O)C(=O)O.O=C(O)CC(CCCCCCCCCCCCNC(=O)CC(C(=O)O)S(=O)(=O)O)C(=O)O.O=C(O)CC(CCCCCCCCCCCCNC(=O)CC(C(=O)O)S(=O)(=O)O)C(=O)O. The summed E-state index contributed by atoms with van der Waals surface area (Å²) in [5.41, 5.74) is 0. The van der Waals surface area contributed by atoms with Crippen LogP contribution in [-0.2, 0) is 117 Å². The highest BCUT2D eigenvalue weighted by molar-refractivity contribution is 7.88. The van der Waals surface area contributed by atoms with Gasteiger partial charge in [-0.05, 0) is 51.4 Å². The zero-order valence-corrected chi connectivity index (χ0v) is 78.9. The molecule has 132 heavy (non-hydrogen) atoms. The Bertz CT molecular complexity index is 3330. The third-order valence-corrected chi connectivity index (χ3v) is 24.7. The normalized spacial score (nSPS) is 12.9. The fraction of sp³-hybridized carbons (Fsp3) is 0.800. The van der Waals surface area contributed by atoms with Crippen molar-refractivity contribution in [3.63, 3.8) is 0 Å². The molecule has 0 aromatic rings. The Morgan fingerprint density at radius 1 is 0.174 bits per heavy atom. The van der Waals surface area contributed by atoms with Gasteiger partial charge >= 0.3 is 71.6 Å². The van der Waals surface area contributed by atoms with E-state index in [1.165, 1.54) is 0 Å². The largest absolute Gasteiger partial charge is 0.481 e. The van der Waals surface area contributed by atoms with Crippen molar-refractivity contribution in [2.24, 2.45) is 23.7 Å². The second kappa shape index (κ2) is 82.7. The van der Waals surface area contributed by atoms with Crippen LogP contribution in [0.15, 0.2) is 0 Å². The topological polar surface area (TPSA) is 921 Å². The smallest absolute Gasteiger partial charge is 0.324 e. The van der Waals surface area contributed by atoms with E-state index in [1.807, 2.05) is 0 Å². The van der Waals surface area contributed by atoms with Crippen LogP contribution >= 0.6 is 0 Å². The number of hydrogen-bond donors (Lipinski definition) is 24. The Morgan fingerprint density at radius 3 is 0.386 bits per heavy atom. The van der Waals surface area contributed by atoms with E-state index in [-0.39, 0.29) is 50.3 Å². The maximum atomic E-state index is 11.6. The van der Waals surface area contributed by atoms with E-state index in [0.29, 0.717) is 103 Å². The molecule has 4 amide bonds. The number of nitrogens with one attached hydrogen (secondary N) is 4. The first-order valence-corrected chi connectivity index (χ1v) is 49.4. The van der Waals surface area contributed by atoms with Gasteiger partial charge in [0.2, 0.25) is 23.6 Å². The summed E-state index contributed by atoms with van der Waals surface area (Å²) in [6.07, 6.45) is 33.8. The first-order chi connectivity index (χ1) is 59.8. The van der Waals surface area contributed by atoms with Gasteiger partial charge in [0.1, 0.15) is 0 Å². The Balaban J connectivity index is -0.000000256. The van der Waals surface area contributed by atoms with Crippen LogP contribution in [-0.4, -0.2) is 256 Å². The van der Waals surface area contributed by atoms with Gasteiger partial charge in [-0.1, -0.05) is 231 Å². The molecule has 0 spiro atoms.